The second-order valence-electron chi connectivity index (χ2n) is 2.70. The van der Waals surface area contributed by atoms with Crippen molar-refractivity contribution in [2.45, 2.75) is 6.92 Å². The summed E-state index contributed by atoms with van der Waals surface area (Å²) in [5.41, 5.74) is 1.11. The van der Waals surface area contributed by atoms with Gasteiger partial charge >= 0.3 is 5.97 Å². The van der Waals surface area contributed by atoms with Crippen LogP contribution in [0.5, 0.6) is 0 Å². The maximum absolute atomic E-state index is 11.2. The van der Waals surface area contributed by atoms with E-state index in [2.05, 4.69) is 4.74 Å². The van der Waals surface area contributed by atoms with Crippen LogP contribution in [0.2, 0.25) is 5.02 Å². The van der Waals surface area contributed by atoms with Gasteiger partial charge in [0.1, 0.15) is 6.07 Å². The quantitative estimate of drug-likeness (QED) is 0.667. The Hall–Kier alpha value is -1.53. The minimum absolute atomic E-state index is 0.247. The van der Waals surface area contributed by atoms with E-state index in [1.807, 2.05) is 6.07 Å². The molecule has 0 atom stereocenters. The Bertz CT molecular complexity index is 421. The van der Waals surface area contributed by atoms with Gasteiger partial charge < -0.3 is 4.74 Å². The highest BCUT2D eigenvalue weighted by Crippen LogP contribution is 2.22. The molecule has 0 unspecified atom stereocenters. The first kappa shape index (κ1) is 10.6. The minimum Gasteiger partial charge on any atom is -0.465 e. The molecule has 4 heteroatoms. The summed E-state index contributed by atoms with van der Waals surface area (Å²) in [6.45, 7) is 1.69. The van der Waals surface area contributed by atoms with Gasteiger partial charge in [-0.25, -0.2) is 4.79 Å². The smallest absolute Gasteiger partial charge is 0.339 e. The van der Waals surface area contributed by atoms with Crippen LogP contribution in [0.15, 0.2) is 12.1 Å². The van der Waals surface area contributed by atoms with Crippen molar-refractivity contribution in [2.24, 2.45) is 0 Å². The molecule has 1 rings (SSSR count). The summed E-state index contributed by atoms with van der Waals surface area (Å²) in [7, 11) is 1.27. The molecule has 0 amide bonds. The zero-order valence-electron chi connectivity index (χ0n) is 7.80. The lowest BCUT2D eigenvalue weighted by Crippen LogP contribution is -2.05. The van der Waals surface area contributed by atoms with Crippen molar-refractivity contribution in [3.05, 3.63) is 33.8 Å². The van der Waals surface area contributed by atoms with E-state index in [-0.39, 0.29) is 11.1 Å². The molecule has 0 saturated heterocycles. The van der Waals surface area contributed by atoms with E-state index in [1.54, 1.807) is 13.0 Å². The molecule has 1 aromatic rings. The monoisotopic (exact) mass is 209 g/mol. The number of benzene rings is 1. The topological polar surface area (TPSA) is 50.1 Å². The van der Waals surface area contributed by atoms with Gasteiger partial charge in [-0.2, -0.15) is 5.26 Å². The van der Waals surface area contributed by atoms with Gasteiger partial charge in [0.15, 0.2) is 0 Å². The van der Waals surface area contributed by atoms with Gasteiger partial charge in [0.25, 0.3) is 0 Å². The maximum atomic E-state index is 11.2. The Kier molecular flexibility index (Phi) is 3.10. The van der Waals surface area contributed by atoms with Gasteiger partial charge in [-0.3, -0.25) is 0 Å². The van der Waals surface area contributed by atoms with E-state index in [4.69, 9.17) is 16.9 Å². The molecule has 0 radical (unpaired) electrons. The highest BCUT2D eigenvalue weighted by atomic mass is 35.5. The van der Waals surface area contributed by atoms with E-state index in [9.17, 15) is 4.79 Å². The maximum Gasteiger partial charge on any atom is 0.339 e. The predicted octanol–water partition coefficient (Wildman–Crippen LogP) is 2.31. The lowest BCUT2D eigenvalue weighted by molar-refractivity contribution is 0.0600. The normalized spacial score (nSPS) is 9.29. The largest absolute Gasteiger partial charge is 0.465 e. The zero-order valence-corrected chi connectivity index (χ0v) is 8.55. The van der Waals surface area contributed by atoms with Crippen LogP contribution in [0, 0.1) is 18.3 Å². The molecule has 0 aliphatic heterocycles. The summed E-state index contributed by atoms with van der Waals surface area (Å²) in [6.07, 6.45) is 0. The molecule has 0 aromatic heterocycles. The number of nitriles is 1. The number of halogens is 1. The number of hydrogen-bond donors (Lipinski definition) is 0. The molecule has 0 aliphatic rings. The standard InChI is InChI=1S/C10H8ClNO2/c1-6-8(5-12)7(10(13)14-2)3-4-9(6)11/h3-4H,1-2H3. The second-order valence-corrected chi connectivity index (χ2v) is 3.11. The van der Waals surface area contributed by atoms with Crippen molar-refractivity contribution in [1.29, 1.82) is 5.26 Å². The number of carbonyl (C=O) groups is 1. The van der Waals surface area contributed by atoms with Gasteiger partial charge in [-0.05, 0) is 24.6 Å². The fourth-order valence-corrected chi connectivity index (χ4v) is 1.27. The SMILES string of the molecule is COC(=O)c1ccc(Cl)c(C)c1C#N. The molecule has 0 saturated carbocycles. The van der Waals surface area contributed by atoms with Crippen molar-refractivity contribution in [2.75, 3.05) is 7.11 Å². The Labute approximate surface area is 86.9 Å². The fourth-order valence-electron chi connectivity index (χ4n) is 1.11. The Morgan fingerprint density at radius 2 is 2.21 bits per heavy atom. The summed E-state index contributed by atoms with van der Waals surface area (Å²) in [6, 6.07) is 4.99. The second kappa shape index (κ2) is 4.12. The number of rotatable bonds is 1. The van der Waals surface area contributed by atoms with Crippen LogP contribution in [0.4, 0.5) is 0 Å². The lowest BCUT2D eigenvalue weighted by Gasteiger charge is -2.05. The molecular weight excluding hydrogens is 202 g/mol. The molecule has 14 heavy (non-hydrogen) atoms. The van der Waals surface area contributed by atoms with Gasteiger partial charge in [0.05, 0.1) is 18.2 Å². The first-order valence-corrected chi connectivity index (χ1v) is 4.27. The molecule has 1 aromatic carbocycles. The van der Waals surface area contributed by atoms with Gasteiger partial charge in [0.2, 0.25) is 0 Å². The highest BCUT2D eigenvalue weighted by molar-refractivity contribution is 6.31. The van der Waals surface area contributed by atoms with E-state index >= 15 is 0 Å². The summed E-state index contributed by atoms with van der Waals surface area (Å²) >= 11 is 5.81. The Morgan fingerprint density at radius 1 is 1.57 bits per heavy atom. The summed E-state index contributed by atoms with van der Waals surface area (Å²) < 4.78 is 4.54. The van der Waals surface area contributed by atoms with Crippen molar-refractivity contribution in [3.8, 4) is 6.07 Å². The van der Waals surface area contributed by atoms with E-state index in [1.165, 1.54) is 13.2 Å². The van der Waals surface area contributed by atoms with E-state index in [0.717, 1.165) is 0 Å². The molecular formula is C10H8ClNO2. The minimum atomic E-state index is -0.527. The molecule has 3 nitrogen and oxygen atoms in total. The molecule has 0 bridgehead atoms. The molecule has 0 spiro atoms. The van der Waals surface area contributed by atoms with Crippen LogP contribution in [0.1, 0.15) is 21.5 Å². The van der Waals surface area contributed by atoms with Crippen LogP contribution in [-0.4, -0.2) is 13.1 Å². The van der Waals surface area contributed by atoms with Crippen LogP contribution in [-0.2, 0) is 4.74 Å². The van der Waals surface area contributed by atoms with Gasteiger partial charge in [0, 0.05) is 5.02 Å². The third-order valence-electron chi connectivity index (χ3n) is 1.92. The molecule has 72 valence electrons. The highest BCUT2D eigenvalue weighted by Gasteiger charge is 2.15. The van der Waals surface area contributed by atoms with Crippen LogP contribution >= 0.6 is 11.6 Å². The van der Waals surface area contributed by atoms with Gasteiger partial charge in [-0.1, -0.05) is 11.6 Å². The zero-order chi connectivity index (χ0) is 10.7. The third kappa shape index (κ3) is 1.70. The van der Waals surface area contributed by atoms with E-state index < -0.39 is 5.97 Å². The van der Waals surface area contributed by atoms with Crippen LogP contribution in [0.25, 0.3) is 0 Å². The first-order chi connectivity index (χ1) is 6.61. The first-order valence-electron chi connectivity index (χ1n) is 3.89. The Balaban J connectivity index is 3.40. The molecule has 0 aliphatic carbocycles. The number of esters is 1. The predicted molar refractivity (Wildman–Crippen MR) is 52.2 cm³/mol. The van der Waals surface area contributed by atoms with Crippen molar-refractivity contribution >= 4 is 17.6 Å². The van der Waals surface area contributed by atoms with Crippen molar-refractivity contribution in [3.63, 3.8) is 0 Å². The number of ether oxygens (including phenoxy) is 1. The average Bonchev–Trinajstić information content (AvgIpc) is 2.20. The number of nitrogens with zero attached hydrogens (tertiary/aromatic N) is 1. The molecule has 0 N–H and O–H groups in total. The lowest BCUT2D eigenvalue weighted by atomic mass is 10.0. The fraction of sp³-hybridized carbons (Fsp3) is 0.200. The van der Waals surface area contributed by atoms with Crippen LogP contribution in [0.3, 0.4) is 0 Å². The molecule has 0 fully saturated rings. The average molecular weight is 210 g/mol. The summed E-state index contributed by atoms with van der Waals surface area (Å²) in [5, 5.41) is 9.32. The van der Waals surface area contributed by atoms with Crippen molar-refractivity contribution < 1.29 is 9.53 Å². The summed E-state index contributed by atoms with van der Waals surface area (Å²) in [5.74, 6) is -0.527. The van der Waals surface area contributed by atoms with E-state index in [0.29, 0.717) is 10.6 Å². The third-order valence-corrected chi connectivity index (χ3v) is 2.33. The number of hydrogen-bond acceptors (Lipinski definition) is 3. The number of carbonyl (C=O) groups excluding carboxylic acids is 1. The Morgan fingerprint density at radius 3 is 2.71 bits per heavy atom. The van der Waals surface area contributed by atoms with Crippen LogP contribution < -0.4 is 0 Å². The summed E-state index contributed by atoms with van der Waals surface area (Å²) in [4.78, 5) is 11.2. The molecule has 0 heterocycles. The number of methoxy groups -OCH3 is 1. The van der Waals surface area contributed by atoms with Crippen molar-refractivity contribution in [1.82, 2.24) is 0 Å². The van der Waals surface area contributed by atoms with Gasteiger partial charge in [-0.15, -0.1) is 0 Å².